The quantitative estimate of drug-likeness (QED) is 0.801. The first-order chi connectivity index (χ1) is 7.20. The van der Waals surface area contributed by atoms with Gasteiger partial charge in [0, 0.05) is 4.88 Å². The highest BCUT2D eigenvalue weighted by atomic mass is 79.9. The van der Waals surface area contributed by atoms with Crippen molar-refractivity contribution in [3.63, 3.8) is 0 Å². The number of hydrogen-bond donors (Lipinski definition) is 0. The van der Waals surface area contributed by atoms with E-state index in [0.717, 1.165) is 11.3 Å². The van der Waals surface area contributed by atoms with E-state index in [1.165, 1.54) is 16.2 Å². The second kappa shape index (κ2) is 4.33. The fourth-order valence-corrected chi connectivity index (χ4v) is 2.45. The molecule has 78 valence electrons. The summed E-state index contributed by atoms with van der Waals surface area (Å²) < 4.78 is 5.80. The molecule has 4 heteroatoms. The highest BCUT2D eigenvalue weighted by Crippen LogP contribution is 2.22. The molecule has 2 heterocycles. The van der Waals surface area contributed by atoms with Gasteiger partial charge in [0.15, 0.2) is 10.4 Å². The van der Waals surface area contributed by atoms with Crippen LogP contribution in [0.4, 0.5) is 0 Å². The first kappa shape index (κ1) is 10.6. The van der Waals surface area contributed by atoms with E-state index in [-0.39, 0.29) is 5.78 Å². The smallest absolute Gasteiger partial charge is 0.238 e. The van der Waals surface area contributed by atoms with E-state index in [4.69, 9.17) is 4.42 Å². The molecule has 15 heavy (non-hydrogen) atoms. The first-order valence-corrected chi connectivity index (χ1v) is 6.20. The number of rotatable bonds is 3. The molecule has 2 aromatic heterocycles. The lowest BCUT2D eigenvalue weighted by Crippen LogP contribution is -1.95. The van der Waals surface area contributed by atoms with Gasteiger partial charge in [-0.3, -0.25) is 4.79 Å². The normalized spacial score (nSPS) is 10.5. The highest BCUT2D eigenvalue weighted by molar-refractivity contribution is 9.10. The molecule has 2 aromatic rings. The van der Waals surface area contributed by atoms with Crippen LogP contribution in [0.5, 0.6) is 0 Å². The van der Waals surface area contributed by atoms with Crippen LogP contribution in [0.15, 0.2) is 33.4 Å². The molecular weight excluding hydrogens is 276 g/mol. The summed E-state index contributed by atoms with van der Waals surface area (Å²) in [5, 5.41) is 0. The standard InChI is InChI=1S/C11H9BrO2S/c1-2-7-3-5-9(15-7)11(13)8-4-6-10(12)14-8/h3-6H,2H2,1H3. The lowest BCUT2D eigenvalue weighted by molar-refractivity contribution is 0.101. The van der Waals surface area contributed by atoms with Crippen LogP contribution in [0, 0.1) is 0 Å². The van der Waals surface area contributed by atoms with Crippen LogP contribution < -0.4 is 0 Å². The van der Waals surface area contributed by atoms with Crippen molar-refractivity contribution in [2.24, 2.45) is 0 Å². The molecule has 0 N–H and O–H groups in total. The van der Waals surface area contributed by atoms with Gasteiger partial charge in [-0.2, -0.15) is 0 Å². The molecule has 0 saturated carbocycles. The molecule has 0 bridgehead atoms. The van der Waals surface area contributed by atoms with E-state index in [9.17, 15) is 4.79 Å². The third-order valence-electron chi connectivity index (χ3n) is 2.03. The molecule has 0 aliphatic carbocycles. The van der Waals surface area contributed by atoms with Gasteiger partial charge in [-0.15, -0.1) is 11.3 Å². The highest BCUT2D eigenvalue weighted by Gasteiger charge is 2.14. The van der Waals surface area contributed by atoms with E-state index in [2.05, 4.69) is 22.9 Å². The molecule has 0 amide bonds. The molecule has 0 saturated heterocycles. The summed E-state index contributed by atoms with van der Waals surface area (Å²) in [6.45, 7) is 2.07. The summed E-state index contributed by atoms with van der Waals surface area (Å²) in [5.74, 6) is 0.330. The van der Waals surface area contributed by atoms with Crippen LogP contribution in [0.25, 0.3) is 0 Å². The van der Waals surface area contributed by atoms with Crippen LogP contribution in [0.1, 0.15) is 27.2 Å². The maximum Gasteiger partial charge on any atom is 0.238 e. The van der Waals surface area contributed by atoms with E-state index in [1.807, 2.05) is 12.1 Å². The van der Waals surface area contributed by atoms with E-state index in [0.29, 0.717) is 10.4 Å². The lowest BCUT2D eigenvalue weighted by atomic mass is 10.2. The summed E-state index contributed by atoms with van der Waals surface area (Å²) in [6, 6.07) is 7.23. The summed E-state index contributed by atoms with van der Waals surface area (Å²) in [6.07, 6.45) is 0.958. The molecule has 0 radical (unpaired) electrons. The largest absolute Gasteiger partial charge is 0.446 e. The van der Waals surface area contributed by atoms with Crippen LogP contribution in [0.3, 0.4) is 0 Å². The zero-order valence-electron chi connectivity index (χ0n) is 8.12. The number of halogens is 1. The minimum atomic E-state index is -0.0506. The molecule has 0 aliphatic heterocycles. The number of carbonyl (C=O) groups excluding carboxylic acids is 1. The van der Waals surface area contributed by atoms with E-state index in [1.54, 1.807) is 12.1 Å². The monoisotopic (exact) mass is 284 g/mol. The van der Waals surface area contributed by atoms with Gasteiger partial charge in [0.25, 0.3) is 0 Å². The zero-order valence-corrected chi connectivity index (χ0v) is 10.5. The second-order valence-electron chi connectivity index (χ2n) is 3.05. The molecule has 0 fully saturated rings. The summed E-state index contributed by atoms with van der Waals surface area (Å²) in [4.78, 5) is 13.8. The Hall–Kier alpha value is -0.870. The Kier molecular flexibility index (Phi) is 3.07. The van der Waals surface area contributed by atoms with E-state index >= 15 is 0 Å². The van der Waals surface area contributed by atoms with Crippen molar-refractivity contribution in [2.45, 2.75) is 13.3 Å². The van der Waals surface area contributed by atoms with Gasteiger partial charge in [0.05, 0.1) is 4.88 Å². The predicted octanol–water partition coefficient (Wildman–Crippen LogP) is 3.90. The van der Waals surface area contributed by atoms with E-state index < -0.39 is 0 Å². The Morgan fingerprint density at radius 2 is 2.20 bits per heavy atom. The van der Waals surface area contributed by atoms with Crippen molar-refractivity contribution >= 4 is 33.0 Å². The molecule has 2 rings (SSSR count). The summed E-state index contributed by atoms with van der Waals surface area (Å²) in [5.41, 5.74) is 0. The minimum Gasteiger partial charge on any atom is -0.446 e. The van der Waals surface area contributed by atoms with Crippen molar-refractivity contribution in [1.82, 2.24) is 0 Å². The average Bonchev–Trinajstić information content (AvgIpc) is 2.84. The van der Waals surface area contributed by atoms with Crippen molar-refractivity contribution in [2.75, 3.05) is 0 Å². The van der Waals surface area contributed by atoms with Gasteiger partial charge < -0.3 is 4.42 Å². The first-order valence-electron chi connectivity index (χ1n) is 4.59. The molecular formula is C11H9BrO2S. The Bertz CT molecular complexity index is 484. The minimum absolute atomic E-state index is 0.0506. The molecule has 0 spiro atoms. The number of furan rings is 1. The van der Waals surface area contributed by atoms with Gasteiger partial charge in [-0.1, -0.05) is 6.92 Å². The number of carbonyl (C=O) groups is 1. The fraction of sp³-hybridized carbons (Fsp3) is 0.182. The fourth-order valence-electron chi connectivity index (χ4n) is 1.25. The van der Waals surface area contributed by atoms with Crippen molar-refractivity contribution in [3.8, 4) is 0 Å². The van der Waals surface area contributed by atoms with Crippen molar-refractivity contribution < 1.29 is 9.21 Å². The third kappa shape index (κ3) is 2.21. The lowest BCUT2D eigenvalue weighted by Gasteiger charge is -1.91. The van der Waals surface area contributed by atoms with Gasteiger partial charge in [0.1, 0.15) is 0 Å². The van der Waals surface area contributed by atoms with Crippen molar-refractivity contribution in [1.29, 1.82) is 0 Å². The second-order valence-corrected chi connectivity index (χ2v) is 5.00. The van der Waals surface area contributed by atoms with Gasteiger partial charge in [-0.25, -0.2) is 0 Å². The summed E-state index contributed by atoms with van der Waals surface area (Å²) in [7, 11) is 0. The number of aryl methyl sites for hydroxylation is 1. The van der Waals surface area contributed by atoms with Crippen LogP contribution in [-0.4, -0.2) is 5.78 Å². The zero-order chi connectivity index (χ0) is 10.8. The van der Waals surface area contributed by atoms with Crippen LogP contribution >= 0.6 is 27.3 Å². The molecule has 2 nitrogen and oxygen atoms in total. The SMILES string of the molecule is CCc1ccc(C(=O)c2ccc(Br)o2)s1. The Labute approximate surface area is 100 Å². The molecule has 0 aliphatic rings. The Balaban J connectivity index is 2.28. The molecule has 0 aromatic carbocycles. The van der Waals surface area contributed by atoms with Gasteiger partial charge in [-0.05, 0) is 46.6 Å². The summed E-state index contributed by atoms with van der Waals surface area (Å²) >= 11 is 4.70. The maximum absolute atomic E-state index is 11.9. The number of hydrogen-bond acceptors (Lipinski definition) is 3. The van der Waals surface area contributed by atoms with Gasteiger partial charge in [0.2, 0.25) is 5.78 Å². The van der Waals surface area contributed by atoms with Crippen molar-refractivity contribution in [3.05, 3.63) is 44.4 Å². The Morgan fingerprint density at radius 1 is 1.40 bits per heavy atom. The molecule has 0 unspecified atom stereocenters. The maximum atomic E-state index is 11.9. The third-order valence-corrected chi connectivity index (χ3v) is 3.69. The Morgan fingerprint density at radius 3 is 2.73 bits per heavy atom. The number of thiophene rings is 1. The van der Waals surface area contributed by atoms with Gasteiger partial charge >= 0.3 is 0 Å². The average molecular weight is 285 g/mol. The van der Waals surface area contributed by atoms with Crippen LogP contribution in [-0.2, 0) is 6.42 Å². The molecule has 0 atom stereocenters. The number of ketones is 1. The predicted molar refractivity (Wildman–Crippen MR) is 63.5 cm³/mol. The van der Waals surface area contributed by atoms with Crippen LogP contribution in [0.2, 0.25) is 0 Å². The topological polar surface area (TPSA) is 30.2 Å².